The lowest BCUT2D eigenvalue weighted by atomic mass is 10.0. The van der Waals surface area contributed by atoms with Crippen LogP contribution in [0.3, 0.4) is 0 Å². The summed E-state index contributed by atoms with van der Waals surface area (Å²) in [6.45, 7) is 8.20. The summed E-state index contributed by atoms with van der Waals surface area (Å²) in [6, 6.07) is 20.9. The third kappa shape index (κ3) is 7.83. The molecule has 2 rings (SSSR count). The Kier molecular flexibility index (Phi) is 10.3. The van der Waals surface area contributed by atoms with Crippen molar-refractivity contribution in [2.75, 3.05) is 32.8 Å². The Bertz CT molecular complexity index is 657. The number of likely N-dealkylation sites (N-methyl/N-ethyl adjacent to an activating group) is 1. The first kappa shape index (κ1) is 22.1. The van der Waals surface area contributed by atoms with Gasteiger partial charge in [-0.15, -0.1) is 0 Å². The van der Waals surface area contributed by atoms with Gasteiger partial charge in [0.25, 0.3) is 0 Å². The minimum atomic E-state index is 0.0970. The number of nitrogens with one attached hydrogen (secondary N) is 1. The van der Waals surface area contributed by atoms with Crippen LogP contribution in [0.4, 0.5) is 0 Å². The van der Waals surface area contributed by atoms with E-state index in [-0.39, 0.29) is 11.9 Å². The molecule has 0 aliphatic rings. The number of carbonyl (C=O) groups excluding carboxylic acids is 1. The van der Waals surface area contributed by atoms with E-state index in [4.69, 9.17) is 4.74 Å². The molecule has 152 valence electrons. The molecule has 0 saturated heterocycles. The zero-order chi connectivity index (χ0) is 20.0. The summed E-state index contributed by atoms with van der Waals surface area (Å²) in [5, 5.41) is 3.11. The number of nitrogens with zero attached hydrogens (tertiary/aromatic N) is 1. The lowest BCUT2D eigenvalue weighted by Gasteiger charge is -2.30. The molecule has 1 N–H and O–H groups in total. The first-order valence-corrected chi connectivity index (χ1v) is 10.4. The van der Waals surface area contributed by atoms with Gasteiger partial charge in [0.1, 0.15) is 0 Å². The smallest absolute Gasteiger partial charge is 0.220 e. The predicted molar refractivity (Wildman–Crippen MR) is 115 cm³/mol. The summed E-state index contributed by atoms with van der Waals surface area (Å²) < 4.78 is 5.67. The van der Waals surface area contributed by atoms with Gasteiger partial charge in [-0.25, -0.2) is 0 Å². The van der Waals surface area contributed by atoms with E-state index < -0.39 is 0 Å². The van der Waals surface area contributed by atoms with Crippen molar-refractivity contribution in [3.8, 4) is 0 Å². The van der Waals surface area contributed by atoms with Crippen molar-refractivity contribution < 1.29 is 9.53 Å². The van der Waals surface area contributed by atoms with Gasteiger partial charge in [-0.2, -0.15) is 0 Å². The van der Waals surface area contributed by atoms with Crippen LogP contribution >= 0.6 is 0 Å². The van der Waals surface area contributed by atoms with Gasteiger partial charge in [-0.05, 0) is 37.1 Å². The zero-order valence-electron chi connectivity index (χ0n) is 17.3. The third-order valence-corrected chi connectivity index (χ3v) is 5.00. The van der Waals surface area contributed by atoms with Crippen molar-refractivity contribution in [1.29, 1.82) is 0 Å². The largest absolute Gasteiger partial charge is 0.381 e. The molecule has 0 radical (unpaired) electrons. The molecule has 4 nitrogen and oxygen atoms in total. The highest BCUT2D eigenvalue weighted by molar-refractivity contribution is 5.75. The molecule has 0 saturated carbocycles. The molecule has 0 bridgehead atoms. The summed E-state index contributed by atoms with van der Waals surface area (Å²) in [6.07, 6.45) is 2.17. The van der Waals surface area contributed by atoms with E-state index in [0.29, 0.717) is 26.2 Å². The second-order valence-electron chi connectivity index (χ2n) is 6.90. The van der Waals surface area contributed by atoms with E-state index in [9.17, 15) is 4.79 Å². The van der Waals surface area contributed by atoms with Crippen LogP contribution in [0.5, 0.6) is 0 Å². The van der Waals surface area contributed by atoms with Crippen molar-refractivity contribution in [3.05, 3.63) is 71.8 Å². The van der Waals surface area contributed by atoms with Gasteiger partial charge in [0.05, 0.1) is 12.6 Å². The summed E-state index contributed by atoms with van der Waals surface area (Å²) in [5.74, 6) is 0.0970. The highest BCUT2D eigenvalue weighted by atomic mass is 16.5. The highest BCUT2D eigenvalue weighted by Gasteiger charge is 2.18. The number of ether oxygens (including phenoxy) is 1. The van der Waals surface area contributed by atoms with E-state index >= 15 is 0 Å². The van der Waals surface area contributed by atoms with Crippen LogP contribution in [0.2, 0.25) is 0 Å². The van der Waals surface area contributed by atoms with Crippen molar-refractivity contribution in [1.82, 2.24) is 10.2 Å². The normalized spacial score (nSPS) is 12.1. The lowest BCUT2D eigenvalue weighted by Crippen LogP contribution is -2.38. The minimum absolute atomic E-state index is 0.0970. The predicted octanol–water partition coefficient (Wildman–Crippen LogP) is 4.23. The Labute approximate surface area is 169 Å². The number of hydrogen-bond donors (Lipinski definition) is 1. The maximum Gasteiger partial charge on any atom is 0.220 e. The fraction of sp³-hybridized carbons (Fsp3) is 0.458. The fourth-order valence-electron chi connectivity index (χ4n) is 3.37. The van der Waals surface area contributed by atoms with E-state index in [1.54, 1.807) is 0 Å². The van der Waals surface area contributed by atoms with Crippen molar-refractivity contribution in [2.45, 2.75) is 39.2 Å². The molecule has 1 atom stereocenters. The van der Waals surface area contributed by atoms with Crippen LogP contribution in [0.15, 0.2) is 60.7 Å². The molecular formula is C24H34N2O2. The van der Waals surface area contributed by atoms with E-state index in [2.05, 4.69) is 60.5 Å². The number of amides is 1. The molecular weight excluding hydrogens is 348 g/mol. The van der Waals surface area contributed by atoms with E-state index in [0.717, 1.165) is 25.9 Å². The quantitative estimate of drug-likeness (QED) is 0.527. The van der Waals surface area contributed by atoms with Gasteiger partial charge in [-0.1, -0.05) is 74.5 Å². The SMILES string of the molecule is CCN(CC)C(CNC(=O)CCCOCCc1ccccc1)c1ccccc1. The molecule has 2 aromatic carbocycles. The first-order valence-electron chi connectivity index (χ1n) is 10.4. The van der Waals surface area contributed by atoms with Gasteiger partial charge >= 0.3 is 0 Å². The average molecular weight is 383 g/mol. The summed E-state index contributed by atoms with van der Waals surface area (Å²) >= 11 is 0. The second kappa shape index (κ2) is 13.1. The van der Waals surface area contributed by atoms with Crippen LogP contribution in [0.25, 0.3) is 0 Å². The standard InChI is InChI=1S/C24H34N2O2/c1-3-26(4-2)23(22-14-9-6-10-15-22)20-25-24(27)16-11-18-28-19-17-21-12-7-5-8-13-21/h5-10,12-15,23H,3-4,11,16-20H2,1-2H3,(H,25,27). The number of benzene rings is 2. The van der Waals surface area contributed by atoms with Gasteiger partial charge < -0.3 is 10.1 Å². The molecule has 28 heavy (non-hydrogen) atoms. The van der Waals surface area contributed by atoms with Crippen molar-refractivity contribution in [2.24, 2.45) is 0 Å². The Balaban J connectivity index is 1.66. The Hall–Kier alpha value is -2.17. The van der Waals surface area contributed by atoms with Crippen LogP contribution in [0, 0.1) is 0 Å². The lowest BCUT2D eigenvalue weighted by molar-refractivity contribution is -0.121. The molecule has 0 aromatic heterocycles. The molecule has 0 fully saturated rings. The maximum atomic E-state index is 12.2. The van der Waals surface area contributed by atoms with Crippen molar-refractivity contribution >= 4 is 5.91 Å². The van der Waals surface area contributed by atoms with Crippen molar-refractivity contribution in [3.63, 3.8) is 0 Å². The monoisotopic (exact) mass is 382 g/mol. The molecule has 0 heterocycles. The minimum Gasteiger partial charge on any atom is -0.381 e. The van der Waals surface area contributed by atoms with Gasteiger partial charge in [0, 0.05) is 19.6 Å². The Morgan fingerprint density at radius 1 is 0.964 bits per heavy atom. The van der Waals surface area contributed by atoms with Crippen LogP contribution < -0.4 is 5.32 Å². The maximum absolute atomic E-state index is 12.2. The van der Waals surface area contributed by atoms with E-state index in [1.807, 2.05) is 24.3 Å². The van der Waals surface area contributed by atoms with Gasteiger partial charge in [0.2, 0.25) is 5.91 Å². The molecule has 2 aromatic rings. The number of carbonyl (C=O) groups is 1. The molecule has 1 unspecified atom stereocenters. The summed E-state index contributed by atoms with van der Waals surface area (Å²) in [7, 11) is 0. The number of hydrogen-bond acceptors (Lipinski definition) is 3. The molecule has 0 aliphatic carbocycles. The molecule has 1 amide bonds. The number of rotatable bonds is 13. The van der Waals surface area contributed by atoms with Crippen LogP contribution in [-0.2, 0) is 16.0 Å². The average Bonchev–Trinajstić information content (AvgIpc) is 2.75. The van der Waals surface area contributed by atoms with Gasteiger partial charge in [0.15, 0.2) is 0 Å². The summed E-state index contributed by atoms with van der Waals surface area (Å²) in [4.78, 5) is 14.6. The molecule has 0 spiro atoms. The zero-order valence-corrected chi connectivity index (χ0v) is 17.3. The van der Waals surface area contributed by atoms with Crippen LogP contribution in [-0.4, -0.2) is 43.7 Å². The van der Waals surface area contributed by atoms with Crippen LogP contribution in [0.1, 0.15) is 43.9 Å². The Morgan fingerprint density at radius 3 is 2.25 bits per heavy atom. The summed E-state index contributed by atoms with van der Waals surface area (Å²) in [5.41, 5.74) is 2.53. The topological polar surface area (TPSA) is 41.6 Å². The Morgan fingerprint density at radius 2 is 1.61 bits per heavy atom. The highest BCUT2D eigenvalue weighted by Crippen LogP contribution is 2.19. The second-order valence-corrected chi connectivity index (χ2v) is 6.90. The van der Waals surface area contributed by atoms with Gasteiger partial charge in [-0.3, -0.25) is 9.69 Å². The first-order chi connectivity index (χ1) is 13.7. The third-order valence-electron chi connectivity index (χ3n) is 5.00. The van der Waals surface area contributed by atoms with E-state index in [1.165, 1.54) is 11.1 Å². The molecule has 4 heteroatoms. The fourth-order valence-corrected chi connectivity index (χ4v) is 3.37. The molecule has 0 aliphatic heterocycles.